The van der Waals surface area contributed by atoms with E-state index in [0.717, 1.165) is 18.4 Å². The Bertz CT molecular complexity index is 528. The van der Waals surface area contributed by atoms with E-state index < -0.39 is 5.82 Å². The summed E-state index contributed by atoms with van der Waals surface area (Å²) >= 11 is 0. The normalized spacial score (nSPS) is 10.5. The predicted octanol–water partition coefficient (Wildman–Crippen LogP) is 2.21. The van der Waals surface area contributed by atoms with Crippen molar-refractivity contribution in [1.29, 1.82) is 0 Å². The second-order valence-electron chi connectivity index (χ2n) is 3.69. The van der Waals surface area contributed by atoms with E-state index in [1.165, 1.54) is 18.7 Å². The van der Waals surface area contributed by atoms with Gasteiger partial charge in [0.2, 0.25) is 0 Å². The van der Waals surface area contributed by atoms with Crippen molar-refractivity contribution in [2.45, 2.75) is 19.8 Å². The van der Waals surface area contributed by atoms with Gasteiger partial charge < -0.3 is 5.73 Å². The van der Waals surface area contributed by atoms with Crippen LogP contribution in [0.2, 0.25) is 0 Å². The Labute approximate surface area is 98.7 Å². The van der Waals surface area contributed by atoms with E-state index in [0.29, 0.717) is 17.1 Å². The van der Waals surface area contributed by atoms with Crippen LogP contribution in [-0.2, 0) is 6.42 Å². The van der Waals surface area contributed by atoms with Gasteiger partial charge in [0.1, 0.15) is 12.1 Å². The van der Waals surface area contributed by atoms with E-state index in [2.05, 4.69) is 15.0 Å². The Kier molecular flexibility index (Phi) is 3.27. The first kappa shape index (κ1) is 11.4. The zero-order valence-electron chi connectivity index (χ0n) is 9.52. The van der Waals surface area contributed by atoms with E-state index in [1.807, 2.05) is 6.92 Å². The molecule has 0 unspecified atom stereocenters. The maximum Gasteiger partial charge on any atom is 0.150 e. The van der Waals surface area contributed by atoms with Crippen LogP contribution in [0.15, 0.2) is 24.8 Å². The van der Waals surface area contributed by atoms with Gasteiger partial charge in [-0.05, 0) is 12.5 Å². The van der Waals surface area contributed by atoms with Gasteiger partial charge in [0.25, 0.3) is 0 Å². The molecule has 5 heteroatoms. The highest BCUT2D eigenvalue weighted by Gasteiger charge is 2.13. The highest BCUT2D eigenvalue weighted by atomic mass is 19.1. The third kappa shape index (κ3) is 2.22. The molecule has 0 aliphatic heterocycles. The van der Waals surface area contributed by atoms with Crippen LogP contribution >= 0.6 is 0 Å². The highest BCUT2D eigenvalue weighted by molar-refractivity contribution is 5.67. The van der Waals surface area contributed by atoms with Gasteiger partial charge in [-0.2, -0.15) is 0 Å². The maximum atomic E-state index is 13.7. The van der Waals surface area contributed by atoms with Crippen molar-refractivity contribution in [2.24, 2.45) is 0 Å². The first-order valence-electron chi connectivity index (χ1n) is 5.43. The fourth-order valence-corrected chi connectivity index (χ4v) is 1.72. The Morgan fingerprint density at radius 2 is 2.18 bits per heavy atom. The number of anilines is 1. The first-order chi connectivity index (χ1) is 8.24. The van der Waals surface area contributed by atoms with Crippen LogP contribution in [0.1, 0.15) is 18.9 Å². The van der Waals surface area contributed by atoms with Gasteiger partial charge in [-0.25, -0.2) is 14.4 Å². The lowest BCUT2D eigenvalue weighted by molar-refractivity contribution is 0.624. The zero-order valence-corrected chi connectivity index (χ0v) is 9.52. The smallest absolute Gasteiger partial charge is 0.150 e. The fraction of sp³-hybridized carbons (Fsp3) is 0.250. The van der Waals surface area contributed by atoms with Crippen LogP contribution in [0.4, 0.5) is 10.2 Å². The number of nitrogen functional groups attached to an aromatic ring is 1. The van der Waals surface area contributed by atoms with E-state index in [9.17, 15) is 4.39 Å². The zero-order chi connectivity index (χ0) is 12.3. The van der Waals surface area contributed by atoms with Crippen LogP contribution in [0.25, 0.3) is 11.3 Å². The van der Waals surface area contributed by atoms with Crippen molar-refractivity contribution in [3.8, 4) is 11.3 Å². The summed E-state index contributed by atoms with van der Waals surface area (Å²) in [4.78, 5) is 11.8. The second kappa shape index (κ2) is 4.86. The fourth-order valence-electron chi connectivity index (χ4n) is 1.72. The third-order valence-electron chi connectivity index (χ3n) is 2.51. The third-order valence-corrected chi connectivity index (χ3v) is 2.51. The number of pyridine rings is 1. The molecule has 0 aliphatic carbocycles. The molecule has 88 valence electrons. The molecular weight excluding hydrogens is 219 g/mol. The SMILES string of the molecule is CCCc1c(N)ncnc1-c1ccncc1F. The van der Waals surface area contributed by atoms with E-state index >= 15 is 0 Å². The van der Waals surface area contributed by atoms with Crippen LogP contribution in [0.3, 0.4) is 0 Å². The molecule has 0 aromatic carbocycles. The minimum Gasteiger partial charge on any atom is -0.383 e. The lowest BCUT2D eigenvalue weighted by Crippen LogP contribution is -2.03. The molecule has 2 N–H and O–H groups in total. The van der Waals surface area contributed by atoms with Crippen molar-refractivity contribution >= 4 is 5.82 Å². The molecule has 2 heterocycles. The largest absolute Gasteiger partial charge is 0.383 e. The van der Waals surface area contributed by atoms with Gasteiger partial charge in [-0.15, -0.1) is 0 Å². The van der Waals surface area contributed by atoms with Crippen molar-refractivity contribution in [3.05, 3.63) is 36.2 Å². The summed E-state index contributed by atoms with van der Waals surface area (Å²) in [5.74, 6) is 0.0102. The lowest BCUT2D eigenvalue weighted by Gasteiger charge is -2.09. The van der Waals surface area contributed by atoms with Gasteiger partial charge in [0.15, 0.2) is 5.82 Å². The Morgan fingerprint density at radius 1 is 1.35 bits per heavy atom. The van der Waals surface area contributed by atoms with Gasteiger partial charge in [-0.3, -0.25) is 4.98 Å². The summed E-state index contributed by atoms with van der Waals surface area (Å²) < 4.78 is 13.7. The average molecular weight is 232 g/mol. The standard InChI is InChI=1S/C12H13FN4/c1-2-3-9-11(16-7-17-12(9)14)8-4-5-15-6-10(8)13/h4-7H,2-3H2,1H3,(H2,14,16,17). The molecule has 0 radical (unpaired) electrons. The van der Waals surface area contributed by atoms with Gasteiger partial charge in [-0.1, -0.05) is 13.3 Å². The molecule has 17 heavy (non-hydrogen) atoms. The van der Waals surface area contributed by atoms with E-state index in [4.69, 9.17) is 5.73 Å². The molecule has 0 spiro atoms. The highest BCUT2D eigenvalue weighted by Crippen LogP contribution is 2.26. The molecule has 0 saturated heterocycles. The van der Waals surface area contributed by atoms with Crippen molar-refractivity contribution in [1.82, 2.24) is 15.0 Å². The van der Waals surface area contributed by atoms with Crippen molar-refractivity contribution < 1.29 is 4.39 Å². The molecule has 4 nitrogen and oxygen atoms in total. The summed E-state index contributed by atoms with van der Waals surface area (Å²) in [6, 6.07) is 1.59. The van der Waals surface area contributed by atoms with Gasteiger partial charge in [0.05, 0.1) is 11.9 Å². The average Bonchev–Trinajstić information content (AvgIpc) is 2.33. The molecule has 0 saturated carbocycles. The number of hydrogen-bond acceptors (Lipinski definition) is 4. The number of nitrogens with zero attached hydrogens (tertiary/aromatic N) is 3. The molecule has 0 aliphatic rings. The van der Waals surface area contributed by atoms with Crippen molar-refractivity contribution in [3.63, 3.8) is 0 Å². The van der Waals surface area contributed by atoms with Gasteiger partial charge in [0, 0.05) is 17.3 Å². The summed E-state index contributed by atoms with van der Waals surface area (Å²) in [6.07, 6.45) is 5.68. The number of aromatic nitrogens is 3. The number of nitrogens with two attached hydrogens (primary N) is 1. The number of rotatable bonds is 3. The predicted molar refractivity (Wildman–Crippen MR) is 63.6 cm³/mol. The van der Waals surface area contributed by atoms with Crippen LogP contribution in [0, 0.1) is 5.82 Å². The number of halogens is 1. The minimum absolute atomic E-state index is 0.400. The first-order valence-corrected chi connectivity index (χ1v) is 5.43. The van der Waals surface area contributed by atoms with E-state index in [1.54, 1.807) is 6.07 Å². The van der Waals surface area contributed by atoms with Crippen molar-refractivity contribution in [2.75, 3.05) is 5.73 Å². The Morgan fingerprint density at radius 3 is 2.88 bits per heavy atom. The summed E-state index contributed by atoms with van der Waals surface area (Å²) in [5.41, 5.74) is 7.57. The molecule has 2 aromatic heterocycles. The number of hydrogen-bond donors (Lipinski definition) is 1. The minimum atomic E-state index is -0.400. The van der Waals surface area contributed by atoms with Crippen LogP contribution < -0.4 is 5.73 Å². The maximum absolute atomic E-state index is 13.7. The molecule has 0 fully saturated rings. The summed E-state index contributed by atoms with van der Waals surface area (Å²) in [6.45, 7) is 2.03. The quantitative estimate of drug-likeness (QED) is 0.881. The van der Waals surface area contributed by atoms with Crippen LogP contribution in [0.5, 0.6) is 0 Å². The molecule has 0 bridgehead atoms. The monoisotopic (exact) mass is 232 g/mol. The molecular formula is C12H13FN4. The van der Waals surface area contributed by atoms with Crippen LogP contribution in [-0.4, -0.2) is 15.0 Å². The summed E-state index contributed by atoms with van der Waals surface area (Å²) in [7, 11) is 0. The molecule has 0 amide bonds. The lowest BCUT2D eigenvalue weighted by atomic mass is 10.0. The molecule has 0 atom stereocenters. The van der Waals surface area contributed by atoms with Gasteiger partial charge >= 0.3 is 0 Å². The molecule has 2 aromatic rings. The Hall–Kier alpha value is -2.04. The molecule has 2 rings (SSSR count). The second-order valence-corrected chi connectivity index (χ2v) is 3.69. The Balaban J connectivity index is 2.59. The van der Waals surface area contributed by atoms with E-state index in [-0.39, 0.29) is 0 Å². The summed E-state index contributed by atoms with van der Waals surface area (Å²) in [5, 5.41) is 0. The topological polar surface area (TPSA) is 64.7 Å².